The fourth-order valence-corrected chi connectivity index (χ4v) is 4.51. The lowest BCUT2D eigenvalue weighted by Crippen LogP contribution is -2.42. The molecule has 3 heterocycles. The first-order chi connectivity index (χ1) is 12.4. The van der Waals surface area contributed by atoms with Gasteiger partial charge in [-0.1, -0.05) is 19.8 Å². The first-order valence-corrected chi connectivity index (χ1v) is 9.61. The van der Waals surface area contributed by atoms with Crippen LogP contribution in [-0.4, -0.2) is 69.7 Å². The van der Waals surface area contributed by atoms with Gasteiger partial charge < -0.3 is 14.9 Å². The molecule has 0 spiro atoms. The maximum Gasteiger partial charge on any atom is 0.313 e. The standard InChI is InChI=1S/C19H30N4O3/c1-4-5-6-7-22-9-15-10-23(12-19(15,11-22)18(25)26)17(24)8-16-13(2)20-21-14(16)3/h15H,4-12H2,1-3H3,(H,20,21)(H,25,26)/t15?,19-/m0/s1. The van der Waals surface area contributed by atoms with E-state index in [9.17, 15) is 14.7 Å². The second-order valence-electron chi connectivity index (χ2n) is 7.96. The van der Waals surface area contributed by atoms with Crippen LogP contribution in [0.5, 0.6) is 0 Å². The van der Waals surface area contributed by atoms with E-state index < -0.39 is 11.4 Å². The van der Waals surface area contributed by atoms with Crippen LogP contribution in [0.4, 0.5) is 0 Å². The van der Waals surface area contributed by atoms with E-state index in [2.05, 4.69) is 22.0 Å². The molecule has 0 aromatic carbocycles. The fourth-order valence-electron chi connectivity index (χ4n) is 4.51. The van der Waals surface area contributed by atoms with Gasteiger partial charge in [0.25, 0.3) is 0 Å². The Morgan fingerprint density at radius 3 is 2.62 bits per heavy atom. The van der Waals surface area contributed by atoms with Gasteiger partial charge in [0.05, 0.1) is 12.1 Å². The van der Waals surface area contributed by atoms with Crippen LogP contribution in [0.25, 0.3) is 0 Å². The molecule has 3 rings (SSSR count). The number of carboxylic acid groups (broad SMARTS) is 1. The lowest BCUT2D eigenvalue weighted by atomic mass is 9.81. The molecule has 1 aromatic heterocycles. The average Bonchev–Trinajstić information content (AvgIpc) is 3.21. The van der Waals surface area contributed by atoms with Crippen molar-refractivity contribution in [3.63, 3.8) is 0 Å². The highest BCUT2D eigenvalue weighted by atomic mass is 16.4. The summed E-state index contributed by atoms with van der Waals surface area (Å²) < 4.78 is 0. The molecule has 144 valence electrons. The molecule has 7 nitrogen and oxygen atoms in total. The summed E-state index contributed by atoms with van der Waals surface area (Å²) >= 11 is 0. The van der Waals surface area contributed by atoms with Crippen molar-refractivity contribution in [3.05, 3.63) is 17.0 Å². The SMILES string of the molecule is CCCCCN1CC2CN(C(=O)Cc3c(C)n[nH]c3C)C[C@@]2(C(=O)O)C1. The van der Waals surface area contributed by atoms with Gasteiger partial charge in [-0.05, 0) is 26.8 Å². The van der Waals surface area contributed by atoms with Crippen molar-refractivity contribution in [1.82, 2.24) is 20.0 Å². The number of likely N-dealkylation sites (tertiary alicyclic amines) is 2. The first-order valence-electron chi connectivity index (χ1n) is 9.61. The summed E-state index contributed by atoms with van der Waals surface area (Å²) in [4.78, 5) is 28.9. The number of aromatic amines is 1. The Morgan fingerprint density at radius 1 is 1.27 bits per heavy atom. The number of carboxylic acids is 1. The van der Waals surface area contributed by atoms with Gasteiger partial charge in [-0.15, -0.1) is 0 Å². The third kappa shape index (κ3) is 3.37. The van der Waals surface area contributed by atoms with E-state index in [0.717, 1.165) is 42.9 Å². The fraction of sp³-hybridized carbons (Fsp3) is 0.737. The number of carbonyl (C=O) groups is 2. The minimum Gasteiger partial charge on any atom is -0.481 e. The summed E-state index contributed by atoms with van der Waals surface area (Å²) in [6, 6.07) is 0. The summed E-state index contributed by atoms with van der Waals surface area (Å²) in [5, 5.41) is 17.0. The molecule has 0 bridgehead atoms. The summed E-state index contributed by atoms with van der Waals surface area (Å²) in [7, 11) is 0. The number of aliphatic carboxylic acids is 1. The maximum atomic E-state index is 12.8. The molecule has 7 heteroatoms. The van der Waals surface area contributed by atoms with Crippen LogP contribution >= 0.6 is 0 Å². The number of rotatable bonds is 7. The molecule has 0 saturated carbocycles. The Morgan fingerprint density at radius 2 is 2.04 bits per heavy atom. The molecule has 2 N–H and O–H groups in total. The van der Waals surface area contributed by atoms with Crippen molar-refractivity contribution in [2.75, 3.05) is 32.7 Å². The smallest absolute Gasteiger partial charge is 0.313 e. The van der Waals surface area contributed by atoms with Crippen LogP contribution in [0.3, 0.4) is 0 Å². The van der Waals surface area contributed by atoms with Crippen LogP contribution in [0.2, 0.25) is 0 Å². The van der Waals surface area contributed by atoms with Gasteiger partial charge in [0.2, 0.25) is 5.91 Å². The number of hydrogen-bond donors (Lipinski definition) is 2. The van der Waals surface area contributed by atoms with E-state index in [0.29, 0.717) is 19.6 Å². The normalized spacial score (nSPS) is 25.7. The average molecular weight is 362 g/mol. The van der Waals surface area contributed by atoms with Gasteiger partial charge in [-0.2, -0.15) is 5.10 Å². The Labute approximate surface area is 154 Å². The second kappa shape index (κ2) is 7.39. The summed E-state index contributed by atoms with van der Waals surface area (Å²) in [5.74, 6) is -0.728. The number of carbonyl (C=O) groups excluding carboxylic acids is 1. The molecule has 2 fully saturated rings. The molecule has 2 aliphatic heterocycles. The van der Waals surface area contributed by atoms with Crippen molar-refractivity contribution in [2.45, 2.75) is 46.5 Å². The van der Waals surface area contributed by atoms with Crippen LogP contribution in [0, 0.1) is 25.2 Å². The topological polar surface area (TPSA) is 89.5 Å². The first kappa shape index (κ1) is 18.9. The molecule has 2 saturated heterocycles. The molecule has 0 aliphatic carbocycles. The van der Waals surface area contributed by atoms with E-state index in [1.165, 1.54) is 6.42 Å². The molecule has 2 aliphatic rings. The van der Waals surface area contributed by atoms with E-state index in [1.807, 2.05) is 13.8 Å². The van der Waals surface area contributed by atoms with E-state index in [4.69, 9.17) is 0 Å². The molecule has 26 heavy (non-hydrogen) atoms. The number of hydrogen-bond acceptors (Lipinski definition) is 4. The Hall–Kier alpha value is -1.89. The lowest BCUT2D eigenvalue weighted by Gasteiger charge is -2.25. The molecular formula is C19H30N4O3. The van der Waals surface area contributed by atoms with Crippen molar-refractivity contribution in [2.24, 2.45) is 11.3 Å². The predicted molar refractivity (Wildman–Crippen MR) is 97.9 cm³/mol. The Bertz CT molecular complexity index is 667. The number of aromatic nitrogens is 2. The number of amides is 1. The molecule has 1 amide bonds. The maximum absolute atomic E-state index is 12.8. The highest BCUT2D eigenvalue weighted by Gasteiger charge is 2.58. The van der Waals surface area contributed by atoms with Crippen molar-refractivity contribution in [1.29, 1.82) is 0 Å². The summed E-state index contributed by atoms with van der Waals surface area (Å²) in [6.07, 6.45) is 3.74. The van der Waals surface area contributed by atoms with Gasteiger partial charge in [0, 0.05) is 43.4 Å². The van der Waals surface area contributed by atoms with Crippen LogP contribution in [-0.2, 0) is 16.0 Å². The zero-order valence-corrected chi connectivity index (χ0v) is 16.0. The van der Waals surface area contributed by atoms with Gasteiger partial charge in [-0.25, -0.2) is 0 Å². The zero-order chi connectivity index (χ0) is 18.9. The van der Waals surface area contributed by atoms with Crippen LogP contribution in [0.1, 0.15) is 43.1 Å². The summed E-state index contributed by atoms with van der Waals surface area (Å²) in [5.41, 5.74) is 1.87. The minimum absolute atomic E-state index is 0.00478. The minimum atomic E-state index is -0.803. The van der Waals surface area contributed by atoms with Crippen LogP contribution < -0.4 is 0 Å². The van der Waals surface area contributed by atoms with Crippen molar-refractivity contribution < 1.29 is 14.7 Å². The molecule has 1 unspecified atom stereocenters. The van der Waals surface area contributed by atoms with Gasteiger partial charge in [0.1, 0.15) is 5.41 Å². The number of nitrogens with one attached hydrogen (secondary N) is 1. The monoisotopic (exact) mass is 362 g/mol. The predicted octanol–water partition coefficient (Wildman–Crippen LogP) is 1.60. The number of fused-ring (bicyclic) bond motifs is 1. The molecule has 0 radical (unpaired) electrons. The Balaban J connectivity index is 1.66. The molecular weight excluding hydrogens is 332 g/mol. The second-order valence-corrected chi connectivity index (χ2v) is 7.96. The van der Waals surface area contributed by atoms with E-state index in [1.54, 1.807) is 4.90 Å². The number of unbranched alkanes of at least 4 members (excludes halogenated alkanes) is 2. The molecule has 1 aromatic rings. The number of nitrogens with zero attached hydrogens (tertiary/aromatic N) is 3. The highest BCUT2D eigenvalue weighted by molar-refractivity contribution is 5.83. The number of aryl methyl sites for hydroxylation is 2. The van der Waals surface area contributed by atoms with E-state index in [-0.39, 0.29) is 18.2 Å². The number of H-pyrrole nitrogens is 1. The highest BCUT2D eigenvalue weighted by Crippen LogP contribution is 2.43. The van der Waals surface area contributed by atoms with E-state index >= 15 is 0 Å². The zero-order valence-electron chi connectivity index (χ0n) is 16.0. The largest absolute Gasteiger partial charge is 0.481 e. The van der Waals surface area contributed by atoms with Crippen molar-refractivity contribution >= 4 is 11.9 Å². The lowest BCUT2D eigenvalue weighted by molar-refractivity contribution is -0.149. The van der Waals surface area contributed by atoms with Gasteiger partial charge >= 0.3 is 5.97 Å². The van der Waals surface area contributed by atoms with Gasteiger partial charge in [-0.3, -0.25) is 14.7 Å². The third-order valence-electron chi connectivity index (χ3n) is 6.14. The molecule has 2 atom stereocenters. The third-order valence-corrected chi connectivity index (χ3v) is 6.14. The van der Waals surface area contributed by atoms with Crippen LogP contribution in [0.15, 0.2) is 0 Å². The quantitative estimate of drug-likeness (QED) is 0.719. The Kier molecular flexibility index (Phi) is 5.37. The van der Waals surface area contributed by atoms with Gasteiger partial charge in [0.15, 0.2) is 0 Å². The van der Waals surface area contributed by atoms with Crippen molar-refractivity contribution in [3.8, 4) is 0 Å². The summed E-state index contributed by atoms with van der Waals surface area (Å²) in [6.45, 7) is 9.14.